The van der Waals surface area contributed by atoms with Crippen LogP contribution in [-0.4, -0.2) is 50.4 Å². The second kappa shape index (κ2) is 16.3. The van der Waals surface area contributed by atoms with Crippen molar-refractivity contribution >= 4 is 32.3 Å². The maximum absolute atomic E-state index is 9.75. The molecule has 0 N–H and O–H groups in total. The van der Waals surface area contributed by atoms with Crippen LogP contribution in [0, 0.1) is 29.6 Å². The van der Waals surface area contributed by atoms with Gasteiger partial charge in [-0.05, 0) is 72.7 Å². The van der Waals surface area contributed by atoms with Crippen LogP contribution in [-0.2, 0) is 17.1 Å². The van der Waals surface area contributed by atoms with E-state index in [1.807, 2.05) is 0 Å². The molecule has 5 radical (unpaired) electrons. The van der Waals surface area contributed by atoms with E-state index in [2.05, 4.69) is 41.5 Å². The molecule has 2 fully saturated rings. The molecule has 1 aliphatic carbocycles. The van der Waals surface area contributed by atoms with Crippen LogP contribution in [0.15, 0.2) is 0 Å². The van der Waals surface area contributed by atoms with Gasteiger partial charge in [-0.2, -0.15) is 0 Å². The molecule has 2 unspecified atom stereocenters. The van der Waals surface area contributed by atoms with Crippen LogP contribution < -0.4 is 0 Å². The molecule has 1 saturated carbocycles. The van der Waals surface area contributed by atoms with Crippen molar-refractivity contribution in [1.29, 1.82) is 0 Å². The van der Waals surface area contributed by atoms with E-state index in [0.717, 1.165) is 0 Å². The van der Waals surface area contributed by atoms with Crippen LogP contribution in [0.25, 0.3) is 0 Å². The van der Waals surface area contributed by atoms with E-state index in [-0.39, 0.29) is 17.1 Å². The molecule has 0 aromatic rings. The number of rotatable bonds is 1. The van der Waals surface area contributed by atoms with E-state index in [9.17, 15) is 17.3 Å². The topological polar surface area (TPSA) is 0 Å². The maximum Gasteiger partial charge on any atom is 2.00 e. The summed E-state index contributed by atoms with van der Waals surface area (Å²) in [6, 6.07) is 0. The van der Waals surface area contributed by atoms with E-state index >= 15 is 0 Å². The predicted octanol–water partition coefficient (Wildman–Crippen LogP) is 7.13. The second-order valence-corrected chi connectivity index (χ2v) is 12.4. The average molecular weight is 486 g/mol. The van der Waals surface area contributed by atoms with Crippen molar-refractivity contribution in [2.24, 2.45) is 0 Å². The largest absolute Gasteiger partial charge is 2.00 e. The van der Waals surface area contributed by atoms with Crippen LogP contribution >= 0.6 is 25.1 Å². The Morgan fingerprint density at radius 3 is 1.19 bits per heavy atom. The first-order valence-corrected chi connectivity index (χ1v) is 13.9. The fourth-order valence-corrected chi connectivity index (χ4v) is 9.30. The molecular weight excluding hydrogens is 452 g/mol. The van der Waals surface area contributed by atoms with Crippen molar-refractivity contribution in [2.75, 3.05) is 43.1 Å². The first-order chi connectivity index (χ1) is 12.0. The van der Waals surface area contributed by atoms with Gasteiger partial charge in [0.1, 0.15) is 0 Å². The van der Waals surface area contributed by atoms with Gasteiger partial charge < -0.3 is 17.3 Å². The molecule has 0 bridgehead atoms. The van der Waals surface area contributed by atoms with E-state index < -0.39 is 7.25 Å². The summed E-state index contributed by atoms with van der Waals surface area (Å²) in [5.74, 6) is 7.34. The molecule has 2 aliphatic rings. The number of halogens is 4. The molecule has 0 aromatic carbocycles. The summed E-state index contributed by atoms with van der Waals surface area (Å²) in [7, 11) is -2.92. The van der Waals surface area contributed by atoms with Crippen LogP contribution in [0.4, 0.5) is 17.3 Å². The first-order valence-electron chi connectivity index (χ1n) is 9.19. The molecule has 159 valence electrons. The zero-order valence-corrected chi connectivity index (χ0v) is 21.3. The van der Waals surface area contributed by atoms with Crippen LogP contribution in [0.1, 0.15) is 41.5 Å². The molecule has 2 atom stereocenters. The SMILES string of the molecule is CCP1CCPCCPCC1.C[C]1[C](C)[C](C)[C](C)[C]1C.F[B-](F)(F)F.[Fe+2]. The number of hydrogen-bond donors (Lipinski definition) is 0. The summed E-state index contributed by atoms with van der Waals surface area (Å²) >= 11 is 0. The fraction of sp³-hybridized carbons (Fsp3) is 0.722. The Labute approximate surface area is 180 Å². The molecular formula is C18H34BF4FeP3+. The molecule has 0 amide bonds. The van der Waals surface area contributed by atoms with Crippen molar-refractivity contribution in [2.45, 2.75) is 41.5 Å². The molecule has 0 spiro atoms. The third-order valence-corrected chi connectivity index (χ3v) is 11.3. The van der Waals surface area contributed by atoms with Gasteiger partial charge >= 0.3 is 24.3 Å². The standard InChI is InChI=1S/C10H15.C8H19P3.BF4.Fe/c1-6-7(2)9(4)10(5)8(6)3;1-2-11-7-5-9-3-4-10-6-8-11;2-1(3,4)5;/h1-5H3;9-10H,2-8H2,1H3;;/q;;-1;+2. The van der Waals surface area contributed by atoms with Crippen LogP contribution in [0.5, 0.6) is 0 Å². The van der Waals surface area contributed by atoms with Gasteiger partial charge in [0.25, 0.3) is 0 Å². The monoisotopic (exact) mass is 486 g/mol. The number of hydrogen-bond acceptors (Lipinski definition) is 0. The van der Waals surface area contributed by atoms with E-state index in [1.54, 1.807) is 37.0 Å². The first kappa shape index (κ1) is 30.8. The van der Waals surface area contributed by atoms with Crippen LogP contribution in [0.3, 0.4) is 0 Å². The Hall–Kier alpha value is 1.59. The Morgan fingerprint density at radius 1 is 0.704 bits per heavy atom. The second-order valence-electron chi connectivity index (χ2n) is 6.55. The fourth-order valence-electron chi connectivity index (χ4n) is 2.74. The molecule has 0 aromatic heterocycles. The average Bonchev–Trinajstić information content (AvgIpc) is 2.82. The minimum atomic E-state index is -6.00. The molecule has 9 heteroatoms. The van der Waals surface area contributed by atoms with Gasteiger partial charge in [-0.3, -0.25) is 0 Å². The van der Waals surface area contributed by atoms with Gasteiger partial charge in [0, 0.05) is 0 Å². The molecule has 1 heterocycles. The van der Waals surface area contributed by atoms with Gasteiger partial charge in [0.2, 0.25) is 0 Å². The summed E-state index contributed by atoms with van der Waals surface area (Å²) in [6.07, 6.45) is 10.9. The molecule has 1 saturated heterocycles. The van der Waals surface area contributed by atoms with Crippen molar-refractivity contribution in [3.05, 3.63) is 29.6 Å². The normalized spacial score (nSPS) is 26.2. The summed E-state index contributed by atoms with van der Waals surface area (Å²) in [6.45, 7) is 13.4. The van der Waals surface area contributed by atoms with Gasteiger partial charge in [-0.1, -0.05) is 41.5 Å². The van der Waals surface area contributed by atoms with E-state index in [4.69, 9.17) is 0 Å². The third kappa shape index (κ3) is 15.1. The van der Waals surface area contributed by atoms with Gasteiger partial charge in [0.05, 0.1) is 0 Å². The maximum atomic E-state index is 9.75. The minimum absolute atomic E-state index is 0. The van der Waals surface area contributed by atoms with Gasteiger partial charge in [-0.25, -0.2) is 0 Å². The Kier molecular flexibility index (Phi) is 18.6. The molecule has 27 heavy (non-hydrogen) atoms. The third-order valence-electron chi connectivity index (χ3n) is 4.95. The Morgan fingerprint density at radius 2 is 0.963 bits per heavy atom. The molecule has 0 nitrogen and oxygen atoms in total. The van der Waals surface area contributed by atoms with E-state index in [0.29, 0.717) is 7.92 Å². The van der Waals surface area contributed by atoms with Crippen molar-refractivity contribution < 1.29 is 34.3 Å². The van der Waals surface area contributed by atoms with Crippen LogP contribution in [0.2, 0.25) is 0 Å². The summed E-state index contributed by atoms with van der Waals surface area (Å²) in [5.41, 5.74) is 0. The summed E-state index contributed by atoms with van der Waals surface area (Å²) < 4.78 is 39.0. The van der Waals surface area contributed by atoms with Crippen molar-refractivity contribution in [1.82, 2.24) is 0 Å². The zero-order valence-electron chi connectivity index (χ0n) is 17.3. The summed E-state index contributed by atoms with van der Waals surface area (Å²) in [4.78, 5) is 0. The Bertz CT molecular complexity index is 303. The molecule has 2 rings (SSSR count). The van der Waals surface area contributed by atoms with Crippen molar-refractivity contribution in [3.8, 4) is 0 Å². The van der Waals surface area contributed by atoms with Crippen molar-refractivity contribution in [3.63, 3.8) is 0 Å². The van der Waals surface area contributed by atoms with Gasteiger partial charge in [0.15, 0.2) is 0 Å². The Balaban J connectivity index is 0. The van der Waals surface area contributed by atoms with E-state index in [1.165, 1.54) is 52.9 Å². The van der Waals surface area contributed by atoms with Gasteiger partial charge in [-0.15, -0.1) is 25.1 Å². The molecule has 1 aliphatic heterocycles. The smallest absolute Gasteiger partial charge is 0.418 e. The minimum Gasteiger partial charge on any atom is -0.418 e. The quantitative estimate of drug-likeness (QED) is 0.210. The summed E-state index contributed by atoms with van der Waals surface area (Å²) in [5, 5.41) is 0. The predicted molar refractivity (Wildman–Crippen MR) is 118 cm³/mol. The zero-order chi connectivity index (χ0) is 20.3.